The summed E-state index contributed by atoms with van der Waals surface area (Å²) in [5.74, 6) is -2.35. The molecule has 5 atom stereocenters. The summed E-state index contributed by atoms with van der Waals surface area (Å²) >= 11 is 17.1. The van der Waals surface area contributed by atoms with Gasteiger partial charge in [0.05, 0.1) is 13.2 Å². The minimum Gasteiger partial charge on any atom is -0.456 e. The number of halogens is 3. The van der Waals surface area contributed by atoms with Crippen molar-refractivity contribution in [2.45, 2.75) is 87.2 Å². The number of nitrogens with one attached hydrogen (secondary N) is 1. The standard InChI is InChI=1S/C21H34Cl3NO8Si/c1-9-10-29-18-15(25-19(28)21(22,23)24)17(32-13(3)27)16(31-12(2)26)14(33-18)11-30-34(7,8)20(4,5)6/h9,14-18H,1,10-11H2,2-8H3,(H,25,28)/t14-,15-,16-,17-,18-/m1/s1. The van der Waals surface area contributed by atoms with Gasteiger partial charge in [0, 0.05) is 13.8 Å². The zero-order chi connectivity index (χ0) is 26.5. The summed E-state index contributed by atoms with van der Waals surface area (Å²) in [6.45, 7) is 16.4. The van der Waals surface area contributed by atoms with Crippen molar-refractivity contribution in [3.05, 3.63) is 12.7 Å². The summed E-state index contributed by atoms with van der Waals surface area (Å²) in [4.78, 5) is 36.4. The van der Waals surface area contributed by atoms with Crippen molar-refractivity contribution < 1.29 is 37.8 Å². The minimum atomic E-state index is -2.32. The maximum absolute atomic E-state index is 12.5. The molecule has 1 fully saturated rings. The highest BCUT2D eigenvalue weighted by Gasteiger charge is 2.53. The van der Waals surface area contributed by atoms with Crippen LogP contribution >= 0.6 is 34.8 Å². The van der Waals surface area contributed by atoms with Crippen molar-refractivity contribution in [3.8, 4) is 0 Å². The Morgan fingerprint density at radius 3 is 2.03 bits per heavy atom. The molecule has 0 aliphatic carbocycles. The molecule has 1 aliphatic rings. The van der Waals surface area contributed by atoms with Gasteiger partial charge in [0.1, 0.15) is 12.1 Å². The Kier molecular flexibility index (Phi) is 11.3. The second-order valence-corrected chi connectivity index (χ2v) is 16.5. The molecule has 0 aromatic heterocycles. The Labute approximate surface area is 216 Å². The number of amides is 1. The number of esters is 2. The second-order valence-electron chi connectivity index (χ2n) is 9.38. The molecule has 0 radical (unpaired) electrons. The second kappa shape index (κ2) is 12.4. The molecular weight excluding hydrogens is 529 g/mol. The first-order chi connectivity index (χ1) is 15.4. The van der Waals surface area contributed by atoms with E-state index in [0.29, 0.717) is 0 Å². The maximum Gasteiger partial charge on any atom is 0.303 e. The molecule has 1 N–H and O–H groups in total. The molecule has 0 bridgehead atoms. The average Bonchev–Trinajstić information content (AvgIpc) is 2.66. The Morgan fingerprint density at radius 2 is 1.59 bits per heavy atom. The molecule has 13 heteroatoms. The summed E-state index contributed by atoms with van der Waals surface area (Å²) in [6.07, 6.45) is -2.96. The molecule has 1 amide bonds. The van der Waals surface area contributed by atoms with Crippen LogP contribution in [0.5, 0.6) is 0 Å². The van der Waals surface area contributed by atoms with Crippen LogP contribution in [0.3, 0.4) is 0 Å². The topological polar surface area (TPSA) is 109 Å². The third-order valence-electron chi connectivity index (χ3n) is 5.60. The van der Waals surface area contributed by atoms with Gasteiger partial charge in [-0.25, -0.2) is 0 Å². The van der Waals surface area contributed by atoms with E-state index < -0.39 is 60.6 Å². The van der Waals surface area contributed by atoms with Crippen molar-refractivity contribution in [2.75, 3.05) is 13.2 Å². The quantitative estimate of drug-likeness (QED) is 0.196. The van der Waals surface area contributed by atoms with Crippen LogP contribution in [0.25, 0.3) is 0 Å². The van der Waals surface area contributed by atoms with Gasteiger partial charge < -0.3 is 28.7 Å². The lowest BCUT2D eigenvalue weighted by Crippen LogP contribution is -2.67. The summed E-state index contributed by atoms with van der Waals surface area (Å²) < 4.78 is 26.7. The molecule has 0 aromatic rings. The molecule has 0 unspecified atom stereocenters. The number of carbonyl (C=O) groups is 3. The number of carbonyl (C=O) groups excluding carboxylic acids is 3. The van der Waals surface area contributed by atoms with Crippen LogP contribution in [-0.2, 0) is 37.8 Å². The molecule has 1 aliphatic heterocycles. The third kappa shape index (κ3) is 8.96. The van der Waals surface area contributed by atoms with Gasteiger partial charge in [-0.2, -0.15) is 0 Å². The molecule has 0 spiro atoms. The molecule has 196 valence electrons. The zero-order valence-electron chi connectivity index (χ0n) is 20.5. The molecule has 1 rings (SSSR count). The van der Waals surface area contributed by atoms with Gasteiger partial charge in [0.2, 0.25) is 0 Å². The normalized spacial score (nSPS) is 25.9. The molecule has 9 nitrogen and oxygen atoms in total. The number of ether oxygens (including phenoxy) is 4. The van der Waals surface area contributed by atoms with Gasteiger partial charge in [0.15, 0.2) is 26.8 Å². The summed E-state index contributed by atoms with van der Waals surface area (Å²) in [5, 5.41) is 2.37. The van der Waals surface area contributed by atoms with E-state index in [1.807, 2.05) is 0 Å². The number of alkyl halides is 3. The van der Waals surface area contributed by atoms with E-state index in [9.17, 15) is 14.4 Å². The minimum absolute atomic E-state index is 0.0191. The third-order valence-corrected chi connectivity index (χ3v) is 10.6. The van der Waals surface area contributed by atoms with Crippen LogP contribution in [0.4, 0.5) is 0 Å². The van der Waals surface area contributed by atoms with Crippen LogP contribution < -0.4 is 5.32 Å². The van der Waals surface area contributed by atoms with E-state index in [-0.39, 0.29) is 18.3 Å². The lowest BCUT2D eigenvalue weighted by molar-refractivity contribution is -0.273. The van der Waals surface area contributed by atoms with Gasteiger partial charge >= 0.3 is 11.9 Å². The Bertz CT molecular complexity index is 753. The van der Waals surface area contributed by atoms with Gasteiger partial charge in [-0.1, -0.05) is 61.7 Å². The molecule has 34 heavy (non-hydrogen) atoms. The van der Waals surface area contributed by atoms with E-state index in [1.165, 1.54) is 19.9 Å². The monoisotopic (exact) mass is 561 g/mol. The van der Waals surface area contributed by atoms with Crippen LogP contribution in [0.15, 0.2) is 12.7 Å². The van der Waals surface area contributed by atoms with Crippen LogP contribution in [0, 0.1) is 0 Å². The Hall–Kier alpha value is -0.883. The molecule has 0 saturated carbocycles. The first-order valence-corrected chi connectivity index (χ1v) is 14.7. The summed E-state index contributed by atoms with van der Waals surface area (Å²) in [5.41, 5.74) is 0. The van der Waals surface area contributed by atoms with Gasteiger partial charge in [0.25, 0.3) is 9.70 Å². The highest BCUT2D eigenvalue weighted by molar-refractivity contribution is 6.76. The van der Waals surface area contributed by atoms with E-state index >= 15 is 0 Å². The Morgan fingerprint density at radius 1 is 1.06 bits per heavy atom. The summed E-state index contributed by atoms with van der Waals surface area (Å²) in [6, 6.07) is -1.18. The Balaban J connectivity index is 3.41. The fraction of sp³-hybridized carbons (Fsp3) is 0.762. The first kappa shape index (κ1) is 31.1. The van der Waals surface area contributed by atoms with Crippen molar-refractivity contribution in [2.24, 2.45) is 0 Å². The smallest absolute Gasteiger partial charge is 0.303 e. The number of rotatable bonds is 9. The van der Waals surface area contributed by atoms with Crippen LogP contribution in [0.2, 0.25) is 18.1 Å². The van der Waals surface area contributed by atoms with Gasteiger partial charge in [-0.05, 0) is 18.1 Å². The van der Waals surface area contributed by atoms with Gasteiger partial charge in [-0.15, -0.1) is 6.58 Å². The number of hydrogen-bond donors (Lipinski definition) is 1. The molecule has 1 saturated heterocycles. The predicted octanol–water partition coefficient (Wildman–Crippen LogP) is 3.65. The molecule has 1 heterocycles. The average molecular weight is 563 g/mol. The van der Waals surface area contributed by atoms with Crippen molar-refractivity contribution in [1.29, 1.82) is 0 Å². The van der Waals surface area contributed by atoms with Gasteiger partial charge in [-0.3, -0.25) is 14.4 Å². The highest BCUT2D eigenvalue weighted by atomic mass is 35.6. The van der Waals surface area contributed by atoms with Crippen molar-refractivity contribution in [3.63, 3.8) is 0 Å². The highest BCUT2D eigenvalue weighted by Crippen LogP contribution is 2.38. The fourth-order valence-electron chi connectivity index (χ4n) is 2.90. The zero-order valence-corrected chi connectivity index (χ0v) is 23.8. The first-order valence-electron chi connectivity index (χ1n) is 10.6. The largest absolute Gasteiger partial charge is 0.456 e. The summed E-state index contributed by atoms with van der Waals surface area (Å²) in [7, 11) is -2.24. The lowest BCUT2D eigenvalue weighted by Gasteiger charge is -2.46. The molecule has 0 aromatic carbocycles. The predicted molar refractivity (Wildman–Crippen MR) is 131 cm³/mol. The fourth-order valence-corrected chi connectivity index (χ4v) is 4.08. The lowest BCUT2D eigenvalue weighted by atomic mass is 9.96. The van der Waals surface area contributed by atoms with E-state index in [1.54, 1.807) is 0 Å². The van der Waals surface area contributed by atoms with Crippen molar-refractivity contribution >= 4 is 61.0 Å². The van der Waals surface area contributed by atoms with E-state index in [4.69, 9.17) is 58.2 Å². The SMILES string of the molecule is C=CCO[C@@H]1O[C@H](CO[Si](C)(C)C(C)(C)C)[C@@H](OC(C)=O)[C@H](OC(C)=O)[C@H]1NC(=O)C(Cl)(Cl)Cl. The molecular formula is C21H34Cl3NO8Si. The van der Waals surface area contributed by atoms with Crippen LogP contribution in [0.1, 0.15) is 34.6 Å². The van der Waals surface area contributed by atoms with Crippen molar-refractivity contribution in [1.82, 2.24) is 5.32 Å². The maximum atomic E-state index is 12.5. The van der Waals surface area contributed by atoms with Crippen LogP contribution in [-0.4, -0.2) is 73.8 Å². The number of hydrogen-bond acceptors (Lipinski definition) is 8. The van der Waals surface area contributed by atoms with E-state index in [0.717, 1.165) is 0 Å². The van der Waals surface area contributed by atoms with E-state index in [2.05, 4.69) is 45.8 Å².